The molecule has 0 saturated carbocycles. The second-order valence-electron chi connectivity index (χ2n) is 5.05. The number of nitrogens with zero attached hydrogens (tertiary/aromatic N) is 1. The van der Waals surface area contributed by atoms with Crippen LogP contribution in [0.4, 0.5) is 0 Å². The standard InChI is InChI=1S/C17H24N2O/c1-4-10-19-17(13(3)20-5-2)15-9-8-14-7-6-11-18-16(14)12-15/h6-9,11-13,17,19H,4-5,10H2,1-3H3. The van der Waals surface area contributed by atoms with E-state index in [0.717, 1.165) is 25.1 Å². The number of pyridine rings is 1. The van der Waals surface area contributed by atoms with Crippen LogP contribution in [0.5, 0.6) is 0 Å². The zero-order valence-corrected chi connectivity index (χ0v) is 12.6. The van der Waals surface area contributed by atoms with Gasteiger partial charge in [0.05, 0.1) is 17.7 Å². The van der Waals surface area contributed by atoms with Gasteiger partial charge in [-0.25, -0.2) is 0 Å². The van der Waals surface area contributed by atoms with Crippen molar-refractivity contribution in [3.63, 3.8) is 0 Å². The number of rotatable bonds is 7. The predicted octanol–water partition coefficient (Wildman–Crippen LogP) is 3.70. The maximum atomic E-state index is 5.78. The monoisotopic (exact) mass is 272 g/mol. The maximum absolute atomic E-state index is 5.78. The number of fused-ring (bicyclic) bond motifs is 1. The molecular weight excluding hydrogens is 248 g/mol. The van der Waals surface area contributed by atoms with E-state index in [1.54, 1.807) is 0 Å². The van der Waals surface area contributed by atoms with Gasteiger partial charge in [-0.2, -0.15) is 0 Å². The molecule has 1 aromatic heterocycles. The fourth-order valence-electron chi connectivity index (χ4n) is 2.49. The highest BCUT2D eigenvalue weighted by molar-refractivity contribution is 5.79. The van der Waals surface area contributed by atoms with Crippen LogP contribution in [-0.4, -0.2) is 24.2 Å². The predicted molar refractivity (Wildman–Crippen MR) is 83.9 cm³/mol. The van der Waals surface area contributed by atoms with Crippen LogP contribution in [0, 0.1) is 0 Å². The van der Waals surface area contributed by atoms with Gasteiger partial charge in [0.1, 0.15) is 0 Å². The van der Waals surface area contributed by atoms with E-state index in [1.165, 1.54) is 10.9 Å². The first-order chi connectivity index (χ1) is 9.76. The minimum atomic E-state index is 0.146. The van der Waals surface area contributed by atoms with Crippen LogP contribution >= 0.6 is 0 Å². The molecule has 20 heavy (non-hydrogen) atoms. The van der Waals surface area contributed by atoms with E-state index in [-0.39, 0.29) is 12.1 Å². The van der Waals surface area contributed by atoms with Gasteiger partial charge in [-0.1, -0.05) is 25.1 Å². The Hall–Kier alpha value is -1.45. The highest BCUT2D eigenvalue weighted by Crippen LogP contribution is 2.23. The summed E-state index contributed by atoms with van der Waals surface area (Å²) >= 11 is 0. The molecule has 0 aliphatic heterocycles. The summed E-state index contributed by atoms with van der Waals surface area (Å²) in [5, 5.41) is 4.76. The minimum absolute atomic E-state index is 0.146. The Labute approximate surface area is 121 Å². The van der Waals surface area contributed by atoms with Crippen molar-refractivity contribution in [3.8, 4) is 0 Å². The van der Waals surface area contributed by atoms with Gasteiger partial charge in [0.15, 0.2) is 0 Å². The van der Waals surface area contributed by atoms with E-state index >= 15 is 0 Å². The van der Waals surface area contributed by atoms with Crippen molar-refractivity contribution in [3.05, 3.63) is 42.1 Å². The molecule has 0 spiro atoms. The summed E-state index contributed by atoms with van der Waals surface area (Å²) in [4.78, 5) is 4.44. The molecule has 0 bridgehead atoms. The largest absolute Gasteiger partial charge is 0.377 e. The maximum Gasteiger partial charge on any atom is 0.0741 e. The molecule has 1 heterocycles. The normalized spacial score (nSPS) is 14.3. The number of hydrogen-bond acceptors (Lipinski definition) is 3. The first-order valence-corrected chi connectivity index (χ1v) is 7.46. The van der Waals surface area contributed by atoms with Gasteiger partial charge >= 0.3 is 0 Å². The Kier molecular flexibility index (Phi) is 5.50. The zero-order valence-electron chi connectivity index (χ0n) is 12.6. The van der Waals surface area contributed by atoms with Crippen LogP contribution in [0.3, 0.4) is 0 Å². The van der Waals surface area contributed by atoms with Crippen molar-refractivity contribution in [2.75, 3.05) is 13.2 Å². The van der Waals surface area contributed by atoms with Crippen LogP contribution in [0.15, 0.2) is 36.5 Å². The van der Waals surface area contributed by atoms with Gasteiger partial charge < -0.3 is 10.1 Å². The lowest BCUT2D eigenvalue weighted by atomic mass is 10.00. The minimum Gasteiger partial charge on any atom is -0.377 e. The van der Waals surface area contributed by atoms with Crippen molar-refractivity contribution in [1.29, 1.82) is 0 Å². The van der Waals surface area contributed by atoms with E-state index in [2.05, 4.69) is 48.4 Å². The molecule has 3 nitrogen and oxygen atoms in total. The number of nitrogens with one attached hydrogen (secondary N) is 1. The van der Waals surface area contributed by atoms with E-state index in [1.807, 2.05) is 19.2 Å². The number of ether oxygens (including phenoxy) is 1. The van der Waals surface area contributed by atoms with E-state index in [0.29, 0.717) is 0 Å². The zero-order chi connectivity index (χ0) is 14.4. The van der Waals surface area contributed by atoms with Crippen molar-refractivity contribution in [2.24, 2.45) is 0 Å². The van der Waals surface area contributed by atoms with Gasteiger partial charge in [-0.3, -0.25) is 4.98 Å². The smallest absolute Gasteiger partial charge is 0.0741 e. The molecule has 0 radical (unpaired) electrons. The molecule has 108 valence electrons. The van der Waals surface area contributed by atoms with Crippen LogP contribution in [-0.2, 0) is 4.74 Å². The second kappa shape index (κ2) is 7.36. The first-order valence-electron chi connectivity index (χ1n) is 7.46. The van der Waals surface area contributed by atoms with E-state index < -0.39 is 0 Å². The average Bonchev–Trinajstić information content (AvgIpc) is 2.48. The van der Waals surface area contributed by atoms with Crippen molar-refractivity contribution < 1.29 is 4.74 Å². The number of hydrogen-bond donors (Lipinski definition) is 1. The van der Waals surface area contributed by atoms with Crippen molar-refractivity contribution >= 4 is 10.9 Å². The Morgan fingerprint density at radius 1 is 1.25 bits per heavy atom. The summed E-state index contributed by atoms with van der Waals surface area (Å²) in [6, 6.07) is 10.7. The second-order valence-corrected chi connectivity index (χ2v) is 5.05. The SMILES string of the molecule is CCCNC(c1ccc2cccnc2c1)C(C)OCC. The number of aromatic nitrogens is 1. The summed E-state index contributed by atoms with van der Waals surface area (Å²) in [6.45, 7) is 8.06. The third-order valence-corrected chi connectivity index (χ3v) is 3.50. The van der Waals surface area contributed by atoms with Crippen LogP contribution in [0.1, 0.15) is 38.8 Å². The average molecular weight is 272 g/mol. The third kappa shape index (κ3) is 3.56. The quantitative estimate of drug-likeness (QED) is 0.834. The fourth-order valence-corrected chi connectivity index (χ4v) is 2.49. The molecular formula is C17H24N2O. The van der Waals surface area contributed by atoms with E-state index in [4.69, 9.17) is 4.74 Å². The summed E-state index contributed by atoms with van der Waals surface area (Å²) in [7, 11) is 0. The van der Waals surface area contributed by atoms with Gasteiger partial charge in [0, 0.05) is 18.2 Å². The summed E-state index contributed by atoms with van der Waals surface area (Å²) in [6.07, 6.45) is 3.10. The lowest BCUT2D eigenvalue weighted by Gasteiger charge is -2.25. The van der Waals surface area contributed by atoms with Gasteiger partial charge in [-0.15, -0.1) is 0 Å². The Bertz CT molecular complexity index is 541. The summed E-state index contributed by atoms with van der Waals surface area (Å²) in [5.74, 6) is 0. The Balaban J connectivity index is 2.29. The lowest BCUT2D eigenvalue weighted by molar-refractivity contribution is 0.0473. The van der Waals surface area contributed by atoms with E-state index in [9.17, 15) is 0 Å². The third-order valence-electron chi connectivity index (χ3n) is 3.50. The molecule has 2 atom stereocenters. The van der Waals surface area contributed by atoms with Gasteiger partial charge in [0.2, 0.25) is 0 Å². The lowest BCUT2D eigenvalue weighted by Crippen LogP contribution is -2.32. The highest BCUT2D eigenvalue weighted by Gasteiger charge is 2.19. The topological polar surface area (TPSA) is 34.2 Å². The number of benzene rings is 1. The summed E-state index contributed by atoms with van der Waals surface area (Å²) < 4.78 is 5.78. The van der Waals surface area contributed by atoms with Gasteiger partial charge in [-0.05, 0) is 44.5 Å². The summed E-state index contributed by atoms with van der Waals surface area (Å²) in [5.41, 5.74) is 2.28. The van der Waals surface area contributed by atoms with Crippen LogP contribution < -0.4 is 5.32 Å². The van der Waals surface area contributed by atoms with Crippen LogP contribution in [0.2, 0.25) is 0 Å². The molecule has 0 fully saturated rings. The first kappa shape index (κ1) is 14.9. The fraction of sp³-hybridized carbons (Fsp3) is 0.471. The van der Waals surface area contributed by atoms with Crippen molar-refractivity contribution in [1.82, 2.24) is 10.3 Å². The van der Waals surface area contributed by atoms with Gasteiger partial charge in [0.25, 0.3) is 0 Å². The molecule has 2 rings (SSSR count). The molecule has 0 saturated heterocycles. The van der Waals surface area contributed by atoms with Crippen molar-refractivity contribution in [2.45, 2.75) is 39.3 Å². The molecule has 2 unspecified atom stereocenters. The molecule has 1 N–H and O–H groups in total. The van der Waals surface area contributed by atoms with Crippen LogP contribution in [0.25, 0.3) is 10.9 Å². The molecule has 0 aliphatic rings. The highest BCUT2D eigenvalue weighted by atomic mass is 16.5. The molecule has 3 heteroatoms. The Morgan fingerprint density at radius 2 is 2.10 bits per heavy atom. The molecule has 0 aliphatic carbocycles. The molecule has 1 aromatic carbocycles. The molecule has 2 aromatic rings. The molecule has 0 amide bonds. The Morgan fingerprint density at radius 3 is 2.85 bits per heavy atom.